The maximum atomic E-state index is 2.45. The lowest BCUT2D eigenvalue weighted by Crippen LogP contribution is -2.21. The Kier molecular flexibility index (Phi) is 8.69. The van der Waals surface area contributed by atoms with Crippen molar-refractivity contribution in [1.29, 1.82) is 0 Å². The van der Waals surface area contributed by atoms with Crippen LogP contribution in [0, 0.1) is 11.8 Å². The first-order chi connectivity index (χ1) is 7.29. The van der Waals surface area contributed by atoms with Crippen molar-refractivity contribution in [2.75, 3.05) is 0 Å². The van der Waals surface area contributed by atoms with E-state index in [1.807, 2.05) is 27.7 Å². The zero-order valence-corrected chi connectivity index (χ0v) is 12.4. The molecular weight excluding hydrogens is 200 g/mol. The fourth-order valence-electron chi connectivity index (χ4n) is 2.64. The van der Waals surface area contributed by atoms with Gasteiger partial charge in [-0.15, -0.1) is 0 Å². The molecule has 92 valence electrons. The van der Waals surface area contributed by atoms with Crippen LogP contribution in [0.15, 0.2) is 0 Å². The molecule has 1 aliphatic carbocycles. The number of thioether (sulfide) groups is 1. The lowest BCUT2D eigenvalue weighted by atomic mass is 9.80. The summed E-state index contributed by atoms with van der Waals surface area (Å²) in [5.41, 5.74) is 0. The maximum Gasteiger partial charge on any atom is 0.00810 e. The molecule has 0 amide bonds. The first-order valence-electron chi connectivity index (χ1n) is 6.94. The van der Waals surface area contributed by atoms with Gasteiger partial charge in [0, 0.05) is 10.5 Å². The molecule has 15 heavy (non-hydrogen) atoms. The van der Waals surface area contributed by atoms with E-state index in [-0.39, 0.29) is 0 Å². The predicted molar refractivity (Wildman–Crippen MR) is 74.7 cm³/mol. The summed E-state index contributed by atoms with van der Waals surface area (Å²) in [5.74, 6) is 2.06. The van der Waals surface area contributed by atoms with E-state index in [4.69, 9.17) is 0 Å². The van der Waals surface area contributed by atoms with Crippen LogP contribution in [0.1, 0.15) is 67.2 Å². The second-order valence-electron chi connectivity index (χ2n) is 4.19. The molecule has 2 fully saturated rings. The third kappa shape index (κ3) is 4.01. The molecule has 1 heteroatoms. The van der Waals surface area contributed by atoms with Gasteiger partial charge in [-0.25, -0.2) is 0 Å². The molecule has 0 radical (unpaired) electrons. The summed E-state index contributed by atoms with van der Waals surface area (Å²) >= 11 is 2.26. The quantitative estimate of drug-likeness (QED) is 0.539. The Hall–Kier alpha value is 0.350. The number of rotatable bonds is 0. The molecule has 0 spiro atoms. The minimum atomic E-state index is 0.933. The Balaban J connectivity index is 0.000000442. The van der Waals surface area contributed by atoms with Crippen LogP contribution in [0.5, 0.6) is 0 Å². The van der Waals surface area contributed by atoms with Crippen molar-refractivity contribution in [2.45, 2.75) is 77.7 Å². The van der Waals surface area contributed by atoms with Crippen LogP contribution >= 0.6 is 11.8 Å². The summed E-state index contributed by atoms with van der Waals surface area (Å²) in [5, 5.41) is 1.97. The molecule has 1 saturated heterocycles. The highest BCUT2D eigenvalue weighted by Crippen LogP contribution is 2.49. The average Bonchev–Trinajstić information content (AvgIpc) is 2.61. The highest BCUT2D eigenvalue weighted by Gasteiger charge is 2.39. The van der Waals surface area contributed by atoms with Gasteiger partial charge >= 0.3 is 0 Å². The van der Waals surface area contributed by atoms with Gasteiger partial charge in [-0.2, -0.15) is 11.8 Å². The summed E-state index contributed by atoms with van der Waals surface area (Å²) in [6.45, 7) is 12.9. The summed E-state index contributed by atoms with van der Waals surface area (Å²) in [6, 6.07) is 0. The molecule has 0 aromatic carbocycles. The van der Waals surface area contributed by atoms with Gasteiger partial charge in [0.05, 0.1) is 0 Å². The Labute approximate surface area is 102 Å². The van der Waals surface area contributed by atoms with Crippen molar-refractivity contribution in [3.63, 3.8) is 0 Å². The van der Waals surface area contributed by atoms with Gasteiger partial charge in [-0.1, -0.05) is 54.4 Å². The Bertz CT molecular complexity index is 144. The molecule has 1 heterocycles. The summed E-state index contributed by atoms with van der Waals surface area (Å²) in [4.78, 5) is 0. The third-order valence-corrected chi connectivity index (χ3v) is 5.35. The molecule has 4 atom stereocenters. The van der Waals surface area contributed by atoms with Crippen molar-refractivity contribution in [1.82, 2.24) is 0 Å². The van der Waals surface area contributed by atoms with Gasteiger partial charge < -0.3 is 0 Å². The molecule has 1 saturated carbocycles. The van der Waals surface area contributed by atoms with Crippen LogP contribution in [-0.4, -0.2) is 10.5 Å². The first kappa shape index (κ1) is 15.3. The van der Waals surface area contributed by atoms with Crippen LogP contribution in [0.2, 0.25) is 0 Å². The van der Waals surface area contributed by atoms with Crippen LogP contribution in [0.3, 0.4) is 0 Å². The highest BCUT2D eigenvalue weighted by molar-refractivity contribution is 8.00. The van der Waals surface area contributed by atoms with Crippen LogP contribution in [0.25, 0.3) is 0 Å². The van der Waals surface area contributed by atoms with E-state index in [0.29, 0.717) is 0 Å². The molecule has 0 bridgehead atoms. The van der Waals surface area contributed by atoms with Gasteiger partial charge in [-0.05, 0) is 24.7 Å². The van der Waals surface area contributed by atoms with E-state index in [0.717, 1.165) is 22.3 Å². The van der Waals surface area contributed by atoms with Crippen molar-refractivity contribution in [3.05, 3.63) is 0 Å². The second kappa shape index (κ2) is 8.50. The van der Waals surface area contributed by atoms with Gasteiger partial charge in [0.2, 0.25) is 0 Å². The van der Waals surface area contributed by atoms with E-state index in [1.165, 1.54) is 25.7 Å². The minimum Gasteiger partial charge on any atom is -0.155 e. The van der Waals surface area contributed by atoms with Gasteiger partial charge in [0.15, 0.2) is 0 Å². The molecular formula is C14H30S. The van der Waals surface area contributed by atoms with Crippen molar-refractivity contribution in [2.24, 2.45) is 11.8 Å². The van der Waals surface area contributed by atoms with Crippen molar-refractivity contribution >= 4 is 11.8 Å². The SMILES string of the molecule is CC.CC.CC1SC2CCCCC2C1C. The summed E-state index contributed by atoms with van der Waals surface area (Å²) in [7, 11) is 0. The second-order valence-corrected chi connectivity index (χ2v) is 5.81. The topological polar surface area (TPSA) is 0 Å². The van der Waals surface area contributed by atoms with Gasteiger partial charge in [0.1, 0.15) is 0 Å². The molecule has 4 unspecified atom stereocenters. The largest absolute Gasteiger partial charge is 0.155 e. The zero-order chi connectivity index (χ0) is 11.8. The lowest BCUT2D eigenvalue weighted by Gasteiger charge is -2.26. The van der Waals surface area contributed by atoms with E-state index in [1.54, 1.807) is 0 Å². The normalized spacial score (nSPS) is 38.0. The van der Waals surface area contributed by atoms with Crippen molar-refractivity contribution < 1.29 is 0 Å². The molecule has 1 aliphatic heterocycles. The van der Waals surface area contributed by atoms with Crippen LogP contribution in [-0.2, 0) is 0 Å². The van der Waals surface area contributed by atoms with Gasteiger partial charge in [-0.3, -0.25) is 0 Å². The fourth-order valence-corrected chi connectivity index (χ4v) is 4.53. The molecule has 2 aliphatic rings. The van der Waals surface area contributed by atoms with E-state index in [2.05, 4.69) is 25.6 Å². The zero-order valence-electron chi connectivity index (χ0n) is 11.5. The molecule has 2 rings (SSSR count). The van der Waals surface area contributed by atoms with E-state index >= 15 is 0 Å². The lowest BCUT2D eigenvalue weighted by molar-refractivity contribution is 0.294. The molecule has 0 nitrogen and oxygen atoms in total. The number of fused-ring (bicyclic) bond motifs is 1. The number of hydrogen-bond donors (Lipinski definition) is 0. The molecule has 0 N–H and O–H groups in total. The summed E-state index contributed by atoms with van der Waals surface area (Å²) in [6.07, 6.45) is 6.01. The Morgan fingerprint density at radius 3 is 1.93 bits per heavy atom. The standard InChI is InChI=1S/C10H18S.2C2H6/c1-7-8(2)11-10-6-4-3-5-9(7)10;2*1-2/h7-10H,3-6H2,1-2H3;2*1-2H3. The molecule has 0 aromatic rings. The van der Waals surface area contributed by atoms with Gasteiger partial charge in [0.25, 0.3) is 0 Å². The van der Waals surface area contributed by atoms with Crippen LogP contribution in [0.4, 0.5) is 0 Å². The third-order valence-electron chi connectivity index (χ3n) is 3.56. The van der Waals surface area contributed by atoms with E-state index in [9.17, 15) is 0 Å². The molecule has 0 aromatic heterocycles. The van der Waals surface area contributed by atoms with E-state index < -0.39 is 0 Å². The monoisotopic (exact) mass is 230 g/mol. The average molecular weight is 230 g/mol. The number of hydrogen-bond acceptors (Lipinski definition) is 1. The maximum absolute atomic E-state index is 2.45. The fraction of sp³-hybridized carbons (Fsp3) is 1.00. The highest BCUT2D eigenvalue weighted by atomic mass is 32.2. The predicted octanol–water partition coefficient (Wildman–Crippen LogP) is 5.37. The van der Waals surface area contributed by atoms with Crippen LogP contribution < -0.4 is 0 Å². The Morgan fingerprint density at radius 1 is 0.867 bits per heavy atom. The minimum absolute atomic E-state index is 0.933. The summed E-state index contributed by atoms with van der Waals surface area (Å²) < 4.78 is 0. The smallest absolute Gasteiger partial charge is 0.00810 e. The Morgan fingerprint density at radius 2 is 1.40 bits per heavy atom. The first-order valence-corrected chi connectivity index (χ1v) is 7.89. The van der Waals surface area contributed by atoms with Crippen molar-refractivity contribution in [3.8, 4) is 0 Å².